The van der Waals surface area contributed by atoms with E-state index in [0.29, 0.717) is 5.41 Å². The van der Waals surface area contributed by atoms with Crippen LogP contribution in [0.4, 0.5) is 5.69 Å². The van der Waals surface area contributed by atoms with Crippen LogP contribution in [0.2, 0.25) is 0 Å². The molecular formula is C11H14ClN. The average Bonchev–Trinajstić information content (AvgIpc) is 2.71. The minimum absolute atomic E-state index is 0. The zero-order valence-electron chi connectivity index (χ0n) is 7.76. The third-order valence-electron chi connectivity index (χ3n) is 3.27. The summed E-state index contributed by atoms with van der Waals surface area (Å²) in [5.74, 6) is 0. The van der Waals surface area contributed by atoms with Gasteiger partial charge >= 0.3 is 0 Å². The summed E-state index contributed by atoms with van der Waals surface area (Å²) in [6.07, 6.45) is 2.77. The highest BCUT2D eigenvalue weighted by atomic mass is 35.5. The van der Waals surface area contributed by atoms with Crippen LogP contribution in [0.5, 0.6) is 0 Å². The number of benzene rings is 1. The fourth-order valence-electron chi connectivity index (χ4n) is 2.45. The molecule has 1 aromatic rings. The molecule has 0 bridgehead atoms. The zero-order valence-corrected chi connectivity index (χ0v) is 8.58. The molecule has 1 heterocycles. The van der Waals surface area contributed by atoms with E-state index in [1.807, 2.05) is 0 Å². The summed E-state index contributed by atoms with van der Waals surface area (Å²) in [5, 5.41) is 3.49. The van der Waals surface area contributed by atoms with Gasteiger partial charge in [0, 0.05) is 17.6 Å². The van der Waals surface area contributed by atoms with Crippen molar-refractivity contribution in [2.45, 2.75) is 25.2 Å². The quantitative estimate of drug-likeness (QED) is 0.672. The minimum atomic E-state index is 0. The number of hydrogen-bond donors (Lipinski definition) is 1. The number of aryl methyl sites for hydroxylation is 1. The summed E-state index contributed by atoms with van der Waals surface area (Å²) in [6.45, 7) is 3.40. The maximum absolute atomic E-state index is 3.49. The van der Waals surface area contributed by atoms with Gasteiger partial charge in [-0.15, -0.1) is 12.4 Å². The Morgan fingerprint density at radius 1 is 1.31 bits per heavy atom. The normalized spacial score (nSPS) is 20.4. The van der Waals surface area contributed by atoms with Gasteiger partial charge < -0.3 is 5.32 Å². The Hall–Kier alpha value is -0.690. The second kappa shape index (κ2) is 2.65. The lowest BCUT2D eigenvalue weighted by atomic mass is 9.94. The largest absolute Gasteiger partial charge is 0.384 e. The fourth-order valence-corrected chi connectivity index (χ4v) is 2.45. The van der Waals surface area contributed by atoms with E-state index in [2.05, 4.69) is 30.4 Å². The summed E-state index contributed by atoms with van der Waals surface area (Å²) in [7, 11) is 0. The molecule has 70 valence electrons. The number of anilines is 1. The number of rotatable bonds is 0. The van der Waals surface area contributed by atoms with Crippen molar-refractivity contribution < 1.29 is 0 Å². The molecule has 0 atom stereocenters. The van der Waals surface area contributed by atoms with Crippen molar-refractivity contribution in [2.24, 2.45) is 0 Å². The maximum atomic E-state index is 3.49. The van der Waals surface area contributed by atoms with E-state index in [1.54, 1.807) is 5.56 Å². The van der Waals surface area contributed by atoms with Gasteiger partial charge in [-0.25, -0.2) is 0 Å². The molecule has 1 aliphatic carbocycles. The highest BCUT2D eigenvalue weighted by Crippen LogP contribution is 2.55. The van der Waals surface area contributed by atoms with E-state index in [1.165, 1.54) is 30.6 Å². The monoisotopic (exact) mass is 195 g/mol. The number of nitrogens with one attached hydrogen (secondary N) is 1. The molecule has 1 saturated carbocycles. The van der Waals surface area contributed by atoms with Crippen molar-refractivity contribution in [3.05, 3.63) is 29.3 Å². The van der Waals surface area contributed by atoms with Crippen LogP contribution in [0.1, 0.15) is 24.0 Å². The highest BCUT2D eigenvalue weighted by Gasteiger charge is 2.49. The molecule has 1 aromatic carbocycles. The van der Waals surface area contributed by atoms with Crippen molar-refractivity contribution in [3.8, 4) is 0 Å². The van der Waals surface area contributed by atoms with Crippen molar-refractivity contribution in [1.29, 1.82) is 0 Å². The van der Waals surface area contributed by atoms with Crippen LogP contribution in [0, 0.1) is 6.92 Å². The first-order valence-corrected chi connectivity index (χ1v) is 4.66. The minimum Gasteiger partial charge on any atom is -0.384 e. The van der Waals surface area contributed by atoms with Crippen LogP contribution in [-0.4, -0.2) is 6.54 Å². The van der Waals surface area contributed by atoms with E-state index in [9.17, 15) is 0 Å². The average molecular weight is 196 g/mol. The summed E-state index contributed by atoms with van der Waals surface area (Å²) in [4.78, 5) is 0. The van der Waals surface area contributed by atoms with Crippen LogP contribution in [0.15, 0.2) is 18.2 Å². The lowest BCUT2D eigenvalue weighted by Crippen LogP contribution is -2.09. The Labute approximate surface area is 84.9 Å². The molecule has 2 heteroatoms. The summed E-state index contributed by atoms with van der Waals surface area (Å²) >= 11 is 0. The number of hydrogen-bond acceptors (Lipinski definition) is 1. The molecule has 1 aliphatic heterocycles. The molecule has 0 aromatic heterocycles. The molecule has 0 saturated heterocycles. The van der Waals surface area contributed by atoms with Gasteiger partial charge in [0.15, 0.2) is 0 Å². The first-order valence-electron chi connectivity index (χ1n) is 4.66. The predicted molar refractivity (Wildman–Crippen MR) is 57.8 cm³/mol. The third kappa shape index (κ3) is 1.07. The Bertz CT molecular complexity index is 342. The first kappa shape index (κ1) is 8.89. The Balaban J connectivity index is 0.000000653. The van der Waals surface area contributed by atoms with Gasteiger partial charge in [0.2, 0.25) is 0 Å². The van der Waals surface area contributed by atoms with E-state index in [4.69, 9.17) is 0 Å². The van der Waals surface area contributed by atoms with Crippen LogP contribution in [-0.2, 0) is 5.41 Å². The topological polar surface area (TPSA) is 12.0 Å². The predicted octanol–water partition coefficient (Wildman–Crippen LogP) is 2.87. The molecule has 1 N–H and O–H groups in total. The number of halogens is 1. The van der Waals surface area contributed by atoms with Crippen molar-refractivity contribution in [2.75, 3.05) is 11.9 Å². The molecule has 3 rings (SSSR count). The smallest absolute Gasteiger partial charge is 0.0382 e. The maximum Gasteiger partial charge on any atom is 0.0382 e. The van der Waals surface area contributed by atoms with Gasteiger partial charge in [-0.3, -0.25) is 0 Å². The summed E-state index contributed by atoms with van der Waals surface area (Å²) in [6, 6.07) is 6.57. The van der Waals surface area contributed by atoms with Crippen LogP contribution < -0.4 is 5.32 Å². The fraction of sp³-hybridized carbons (Fsp3) is 0.455. The summed E-state index contributed by atoms with van der Waals surface area (Å²) in [5.41, 5.74) is 5.01. The van der Waals surface area contributed by atoms with Gasteiger partial charge in [0.05, 0.1) is 0 Å². The molecule has 1 fully saturated rings. The van der Waals surface area contributed by atoms with Crippen LogP contribution >= 0.6 is 12.4 Å². The Kier molecular flexibility index (Phi) is 1.81. The standard InChI is InChI=1S/C11H13N.ClH/c1-8-3-2-4-9-10(8)11(5-6-11)7-12-9;/h2-4,12H,5-7H2,1H3;1H. The number of fused-ring (bicyclic) bond motifs is 2. The van der Waals surface area contributed by atoms with E-state index >= 15 is 0 Å². The van der Waals surface area contributed by atoms with Crippen LogP contribution in [0.25, 0.3) is 0 Å². The van der Waals surface area contributed by atoms with Crippen molar-refractivity contribution in [1.82, 2.24) is 0 Å². The molecule has 13 heavy (non-hydrogen) atoms. The highest BCUT2D eigenvalue weighted by molar-refractivity contribution is 5.85. The first-order chi connectivity index (χ1) is 5.82. The molecule has 0 unspecified atom stereocenters. The van der Waals surface area contributed by atoms with Gasteiger partial charge in [-0.2, -0.15) is 0 Å². The van der Waals surface area contributed by atoms with Gasteiger partial charge in [0.25, 0.3) is 0 Å². The molecule has 2 aliphatic rings. The second-order valence-electron chi connectivity index (χ2n) is 4.13. The van der Waals surface area contributed by atoms with Gasteiger partial charge in [0.1, 0.15) is 0 Å². The molecule has 0 radical (unpaired) electrons. The lowest BCUT2D eigenvalue weighted by molar-refractivity contribution is 0.772. The Morgan fingerprint density at radius 3 is 2.77 bits per heavy atom. The molecule has 0 amide bonds. The second-order valence-corrected chi connectivity index (χ2v) is 4.13. The van der Waals surface area contributed by atoms with E-state index in [0.717, 1.165) is 0 Å². The Morgan fingerprint density at radius 2 is 2.08 bits per heavy atom. The summed E-state index contributed by atoms with van der Waals surface area (Å²) < 4.78 is 0. The van der Waals surface area contributed by atoms with Gasteiger partial charge in [-0.1, -0.05) is 12.1 Å². The molecular weight excluding hydrogens is 182 g/mol. The van der Waals surface area contributed by atoms with Crippen molar-refractivity contribution in [3.63, 3.8) is 0 Å². The molecule has 1 spiro atoms. The third-order valence-corrected chi connectivity index (χ3v) is 3.27. The SMILES string of the molecule is Cc1cccc2c1C1(CC1)CN2.Cl. The molecule has 1 nitrogen and oxygen atoms in total. The lowest BCUT2D eigenvalue weighted by Gasteiger charge is -2.08. The van der Waals surface area contributed by atoms with E-state index in [-0.39, 0.29) is 12.4 Å². The van der Waals surface area contributed by atoms with Gasteiger partial charge in [-0.05, 0) is 37.0 Å². The zero-order chi connectivity index (χ0) is 8.18. The van der Waals surface area contributed by atoms with Crippen molar-refractivity contribution >= 4 is 18.1 Å². The van der Waals surface area contributed by atoms with Crippen LogP contribution in [0.3, 0.4) is 0 Å². The van der Waals surface area contributed by atoms with E-state index < -0.39 is 0 Å².